The van der Waals surface area contributed by atoms with Crippen molar-refractivity contribution in [3.63, 3.8) is 0 Å². The highest BCUT2D eigenvalue weighted by atomic mass is 16.6. The van der Waals surface area contributed by atoms with Crippen molar-refractivity contribution in [2.45, 2.75) is 95.4 Å². The zero-order chi connectivity index (χ0) is 18.4. The molecule has 144 valence electrons. The van der Waals surface area contributed by atoms with Gasteiger partial charge in [0.1, 0.15) is 5.60 Å². The number of rotatable bonds is 7. The molecule has 6 heteroatoms. The normalized spacial score (nSPS) is 34.3. The van der Waals surface area contributed by atoms with Gasteiger partial charge in [0.2, 0.25) is 0 Å². The van der Waals surface area contributed by atoms with E-state index in [1.54, 1.807) is 6.92 Å². The summed E-state index contributed by atoms with van der Waals surface area (Å²) in [4.78, 5) is 23.2. The maximum Gasteiger partial charge on any atom is 0.309 e. The molecule has 2 rings (SSSR count). The van der Waals surface area contributed by atoms with Crippen LogP contribution >= 0.6 is 0 Å². The molecule has 2 saturated carbocycles. The standard InChI is InChI=1S/C19H32O6/c1-13(3-2-4-17(22)23)18(24)25-19(11-9-16(21)10-12-19)14-5-7-15(20)8-6-14/h13-16,20-21H,2-12H2,1H3,(H,22,23). The topological polar surface area (TPSA) is 104 Å². The summed E-state index contributed by atoms with van der Waals surface area (Å²) in [5, 5.41) is 28.3. The van der Waals surface area contributed by atoms with Gasteiger partial charge in [0.25, 0.3) is 0 Å². The fraction of sp³-hybridized carbons (Fsp3) is 0.895. The Balaban J connectivity index is 1.98. The van der Waals surface area contributed by atoms with Crippen LogP contribution in [-0.2, 0) is 14.3 Å². The maximum atomic E-state index is 12.6. The highest BCUT2D eigenvalue weighted by Crippen LogP contribution is 2.44. The first-order chi connectivity index (χ1) is 11.8. The Labute approximate surface area is 149 Å². The number of hydrogen-bond donors (Lipinski definition) is 3. The predicted octanol–water partition coefficient (Wildman–Crippen LogP) is 2.65. The summed E-state index contributed by atoms with van der Waals surface area (Å²) in [5.74, 6) is -1.19. The zero-order valence-electron chi connectivity index (χ0n) is 15.2. The molecule has 25 heavy (non-hydrogen) atoms. The number of ether oxygens (including phenoxy) is 1. The van der Waals surface area contributed by atoms with E-state index >= 15 is 0 Å². The van der Waals surface area contributed by atoms with Gasteiger partial charge >= 0.3 is 11.9 Å². The molecule has 0 aliphatic heterocycles. The lowest BCUT2D eigenvalue weighted by Gasteiger charge is -2.46. The van der Waals surface area contributed by atoms with E-state index in [1.165, 1.54) is 0 Å². The van der Waals surface area contributed by atoms with E-state index in [0.29, 0.717) is 38.5 Å². The number of carboxylic acid groups (broad SMARTS) is 1. The summed E-state index contributed by atoms with van der Waals surface area (Å²) in [6, 6.07) is 0. The Morgan fingerprint density at radius 1 is 1.04 bits per heavy atom. The second kappa shape index (κ2) is 8.99. The van der Waals surface area contributed by atoms with Gasteiger partial charge in [0, 0.05) is 6.42 Å². The predicted molar refractivity (Wildman–Crippen MR) is 91.9 cm³/mol. The molecule has 0 heterocycles. The Morgan fingerprint density at radius 2 is 1.60 bits per heavy atom. The second-order valence-corrected chi connectivity index (χ2v) is 7.91. The Kier molecular flexibility index (Phi) is 7.25. The van der Waals surface area contributed by atoms with Crippen LogP contribution in [0.25, 0.3) is 0 Å². The highest BCUT2D eigenvalue weighted by molar-refractivity contribution is 5.72. The number of esters is 1. The molecular weight excluding hydrogens is 324 g/mol. The van der Waals surface area contributed by atoms with Crippen molar-refractivity contribution in [3.8, 4) is 0 Å². The minimum Gasteiger partial charge on any atom is -0.481 e. The minimum absolute atomic E-state index is 0.0649. The van der Waals surface area contributed by atoms with Gasteiger partial charge in [0.05, 0.1) is 18.1 Å². The summed E-state index contributed by atoms with van der Waals surface area (Å²) in [6.07, 6.45) is 6.24. The number of carboxylic acids is 1. The molecule has 2 aliphatic rings. The average Bonchev–Trinajstić information content (AvgIpc) is 2.57. The summed E-state index contributed by atoms with van der Waals surface area (Å²) < 4.78 is 6.04. The van der Waals surface area contributed by atoms with Gasteiger partial charge in [-0.3, -0.25) is 9.59 Å². The van der Waals surface area contributed by atoms with E-state index in [0.717, 1.165) is 25.7 Å². The molecule has 2 fully saturated rings. The monoisotopic (exact) mass is 356 g/mol. The van der Waals surface area contributed by atoms with Crippen LogP contribution in [0.1, 0.15) is 77.6 Å². The van der Waals surface area contributed by atoms with Crippen molar-refractivity contribution in [1.82, 2.24) is 0 Å². The Hall–Kier alpha value is -1.14. The van der Waals surface area contributed by atoms with E-state index in [9.17, 15) is 19.8 Å². The van der Waals surface area contributed by atoms with Gasteiger partial charge in [0.15, 0.2) is 0 Å². The van der Waals surface area contributed by atoms with Crippen molar-refractivity contribution in [3.05, 3.63) is 0 Å². The zero-order valence-corrected chi connectivity index (χ0v) is 15.2. The molecule has 2 aliphatic carbocycles. The van der Waals surface area contributed by atoms with Crippen LogP contribution in [0.2, 0.25) is 0 Å². The van der Waals surface area contributed by atoms with Crippen molar-refractivity contribution in [2.24, 2.45) is 11.8 Å². The van der Waals surface area contributed by atoms with Gasteiger partial charge in [-0.25, -0.2) is 0 Å². The number of aliphatic hydroxyl groups excluding tert-OH is 2. The quantitative estimate of drug-likeness (QED) is 0.606. The number of aliphatic carboxylic acids is 1. The van der Waals surface area contributed by atoms with Crippen LogP contribution in [0.5, 0.6) is 0 Å². The van der Waals surface area contributed by atoms with E-state index in [1.807, 2.05) is 0 Å². The lowest BCUT2D eigenvalue weighted by molar-refractivity contribution is -0.182. The first-order valence-electron chi connectivity index (χ1n) is 9.63. The van der Waals surface area contributed by atoms with Gasteiger partial charge in [-0.15, -0.1) is 0 Å². The average molecular weight is 356 g/mol. The molecule has 1 unspecified atom stereocenters. The summed E-state index contributed by atoms with van der Waals surface area (Å²) >= 11 is 0. The van der Waals surface area contributed by atoms with Crippen LogP contribution in [0.3, 0.4) is 0 Å². The largest absolute Gasteiger partial charge is 0.481 e. The van der Waals surface area contributed by atoms with Crippen LogP contribution < -0.4 is 0 Å². The molecule has 0 amide bonds. The first kappa shape index (κ1) is 20.2. The van der Waals surface area contributed by atoms with Crippen molar-refractivity contribution in [2.75, 3.05) is 0 Å². The molecule has 6 nitrogen and oxygen atoms in total. The van der Waals surface area contributed by atoms with E-state index < -0.39 is 11.6 Å². The van der Waals surface area contributed by atoms with Gasteiger partial charge in [-0.1, -0.05) is 6.92 Å². The molecule has 0 bridgehead atoms. The molecule has 0 spiro atoms. The Bertz CT molecular complexity index is 447. The smallest absolute Gasteiger partial charge is 0.309 e. The summed E-state index contributed by atoms with van der Waals surface area (Å²) in [7, 11) is 0. The number of carbonyl (C=O) groups excluding carboxylic acids is 1. The van der Waals surface area contributed by atoms with Gasteiger partial charge in [-0.2, -0.15) is 0 Å². The lowest BCUT2D eigenvalue weighted by Crippen LogP contribution is -2.48. The second-order valence-electron chi connectivity index (χ2n) is 7.91. The van der Waals surface area contributed by atoms with Crippen LogP contribution in [0.4, 0.5) is 0 Å². The molecule has 0 aromatic heterocycles. The molecule has 0 radical (unpaired) electrons. The van der Waals surface area contributed by atoms with Crippen LogP contribution in [0, 0.1) is 11.8 Å². The number of carbonyl (C=O) groups is 2. The molecule has 3 N–H and O–H groups in total. The van der Waals surface area contributed by atoms with E-state index in [4.69, 9.17) is 9.84 Å². The van der Waals surface area contributed by atoms with Gasteiger partial charge in [-0.05, 0) is 70.1 Å². The molecule has 0 aromatic rings. The van der Waals surface area contributed by atoms with Gasteiger partial charge < -0.3 is 20.1 Å². The van der Waals surface area contributed by atoms with E-state index in [-0.39, 0.29) is 36.4 Å². The van der Waals surface area contributed by atoms with Crippen LogP contribution in [-0.4, -0.2) is 45.1 Å². The summed E-state index contributed by atoms with van der Waals surface area (Å²) in [5.41, 5.74) is -0.530. The third-order valence-corrected chi connectivity index (χ3v) is 5.98. The van der Waals surface area contributed by atoms with Crippen LogP contribution in [0.15, 0.2) is 0 Å². The molecule has 0 saturated heterocycles. The molecule has 0 aromatic carbocycles. The maximum absolute atomic E-state index is 12.6. The molecule has 1 atom stereocenters. The summed E-state index contributed by atoms with van der Waals surface area (Å²) in [6.45, 7) is 1.79. The minimum atomic E-state index is -0.848. The number of aliphatic hydroxyl groups is 2. The van der Waals surface area contributed by atoms with Crippen molar-refractivity contribution in [1.29, 1.82) is 0 Å². The SMILES string of the molecule is CC(CCCC(=O)O)C(=O)OC1(C2CCC(O)CC2)CCC(O)CC1. The third kappa shape index (κ3) is 5.68. The van der Waals surface area contributed by atoms with Crippen molar-refractivity contribution >= 4 is 11.9 Å². The number of hydrogen-bond acceptors (Lipinski definition) is 5. The highest BCUT2D eigenvalue weighted by Gasteiger charge is 2.46. The lowest BCUT2D eigenvalue weighted by atomic mass is 9.68. The first-order valence-corrected chi connectivity index (χ1v) is 9.63. The third-order valence-electron chi connectivity index (χ3n) is 5.98. The Morgan fingerprint density at radius 3 is 2.16 bits per heavy atom. The van der Waals surface area contributed by atoms with E-state index in [2.05, 4.69) is 0 Å². The fourth-order valence-electron chi connectivity index (χ4n) is 4.27. The van der Waals surface area contributed by atoms with Crippen molar-refractivity contribution < 1.29 is 29.6 Å². The fourth-order valence-corrected chi connectivity index (χ4v) is 4.27. The molecular formula is C19H32O6.